The van der Waals surface area contributed by atoms with Crippen LogP contribution in [0.5, 0.6) is 0 Å². The zero-order chi connectivity index (χ0) is 22.3. The molecule has 0 bridgehead atoms. The van der Waals surface area contributed by atoms with E-state index in [2.05, 4.69) is 5.32 Å². The van der Waals surface area contributed by atoms with Crippen molar-refractivity contribution in [3.8, 4) is 0 Å². The number of rotatable bonds is 5. The second kappa shape index (κ2) is 8.28. The summed E-state index contributed by atoms with van der Waals surface area (Å²) < 4.78 is 2.02. The third-order valence-electron chi connectivity index (χ3n) is 7.05. The monoisotopic (exact) mass is 449 g/mol. The van der Waals surface area contributed by atoms with Crippen LogP contribution in [0.15, 0.2) is 54.6 Å². The van der Waals surface area contributed by atoms with Gasteiger partial charge in [-0.2, -0.15) is 0 Å². The minimum Gasteiger partial charge on any atom is -0.351 e. The minimum absolute atomic E-state index is 0.0581. The summed E-state index contributed by atoms with van der Waals surface area (Å²) in [6.45, 7) is 2.83. The van der Waals surface area contributed by atoms with Gasteiger partial charge in [0, 0.05) is 28.5 Å². The van der Waals surface area contributed by atoms with Gasteiger partial charge in [0.25, 0.3) is 5.91 Å². The van der Waals surface area contributed by atoms with Gasteiger partial charge in [0.05, 0.1) is 6.54 Å². The van der Waals surface area contributed by atoms with Crippen molar-refractivity contribution in [1.29, 1.82) is 0 Å². The lowest BCUT2D eigenvalue weighted by Gasteiger charge is -2.44. The summed E-state index contributed by atoms with van der Waals surface area (Å²) in [6, 6.07) is 17.8. The van der Waals surface area contributed by atoms with Crippen LogP contribution in [0, 0.1) is 0 Å². The van der Waals surface area contributed by atoms with Gasteiger partial charge >= 0.3 is 0 Å². The van der Waals surface area contributed by atoms with Crippen molar-refractivity contribution in [2.24, 2.45) is 0 Å². The zero-order valence-corrected chi connectivity index (χ0v) is 19.1. The predicted molar refractivity (Wildman–Crippen MR) is 127 cm³/mol. The average Bonchev–Trinajstić information content (AvgIpc) is 3.43. The number of amides is 2. The molecule has 0 saturated heterocycles. The highest BCUT2D eigenvalue weighted by Gasteiger charge is 2.47. The number of carbonyl (C=O) groups is 2. The average molecular weight is 450 g/mol. The summed E-state index contributed by atoms with van der Waals surface area (Å²) in [7, 11) is 0. The first-order valence-corrected chi connectivity index (χ1v) is 11.8. The molecule has 2 aliphatic rings. The maximum atomic E-state index is 13.7. The van der Waals surface area contributed by atoms with Crippen LogP contribution >= 0.6 is 11.6 Å². The second-order valence-corrected chi connectivity index (χ2v) is 9.67. The normalized spacial score (nSPS) is 21.2. The number of nitrogens with zero attached hydrogens (tertiary/aromatic N) is 2. The summed E-state index contributed by atoms with van der Waals surface area (Å²) in [4.78, 5) is 29.1. The molecule has 166 valence electrons. The van der Waals surface area contributed by atoms with E-state index in [0.29, 0.717) is 30.2 Å². The molecule has 1 N–H and O–H groups in total. The van der Waals surface area contributed by atoms with Crippen LogP contribution in [0.1, 0.15) is 48.7 Å². The molecule has 1 aliphatic carbocycles. The van der Waals surface area contributed by atoms with E-state index in [-0.39, 0.29) is 17.9 Å². The molecule has 1 atom stereocenters. The molecule has 5 rings (SSSR count). The van der Waals surface area contributed by atoms with E-state index in [1.54, 1.807) is 4.90 Å². The number of aromatic nitrogens is 1. The Kier molecular flexibility index (Phi) is 5.46. The fraction of sp³-hybridized carbons (Fsp3) is 0.385. The van der Waals surface area contributed by atoms with Crippen LogP contribution in [0.25, 0.3) is 10.9 Å². The molecule has 2 amide bonds. The van der Waals surface area contributed by atoms with Crippen molar-refractivity contribution in [1.82, 2.24) is 14.8 Å². The van der Waals surface area contributed by atoms with Gasteiger partial charge in [0.2, 0.25) is 5.91 Å². The summed E-state index contributed by atoms with van der Waals surface area (Å²) in [6.07, 6.45) is 4.98. The number of fused-ring (bicyclic) bond motifs is 3. The Balaban J connectivity index is 1.50. The number of hydrogen-bond acceptors (Lipinski definition) is 2. The fourth-order valence-corrected chi connectivity index (χ4v) is 5.29. The Bertz CT molecular complexity index is 1160. The molecule has 1 fully saturated rings. The van der Waals surface area contributed by atoms with E-state index in [1.807, 2.05) is 66.1 Å². The van der Waals surface area contributed by atoms with Crippen molar-refractivity contribution >= 4 is 34.3 Å². The highest BCUT2D eigenvalue weighted by molar-refractivity contribution is 6.30. The maximum absolute atomic E-state index is 13.7. The number of halogens is 1. The lowest BCUT2D eigenvalue weighted by molar-refractivity contribution is -0.133. The first-order valence-electron chi connectivity index (χ1n) is 11.4. The lowest BCUT2D eigenvalue weighted by atomic mass is 9.93. The first-order chi connectivity index (χ1) is 15.5. The number of nitrogens with one attached hydrogen (secondary N) is 1. The molecule has 1 aliphatic heterocycles. The van der Waals surface area contributed by atoms with Crippen LogP contribution < -0.4 is 5.32 Å². The van der Waals surface area contributed by atoms with E-state index >= 15 is 0 Å². The Morgan fingerprint density at radius 1 is 1.12 bits per heavy atom. The van der Waals surface area contributed by atoms with Gasteiger partial charge in [-0.25, -0.2) is 0 Å². The fourth-order valence-electron chi connectivity index (χ4n) is 5.16. The van der Waals surface area contributed by atoms with Crippen molar-refractivity contribution in [3.05, 3.63) is 70.9 Å². The SMILES string of the molecule is C[C@@]1(C(=O)NC2CCCC2)Cn2c(cc3ccccc32)C(=O)N1CCc1ccc(Cl)cc1. The smallest absolute Gasteiger partial charge is 0.271 e. The van der Waals surface area contributed by atoms with Crippen LogP contribution in [0.3, 0.4) is 0 Å². The molecule has 1 aromatic heterocycles. The van der Waals surface area contributed by atoms with E-state index in [1.165, 1.54) is 0 Å². The Hall–Kier alpha value is -2.79. The van der Waals surface area contributed by atoms with E-state index in [4.69, 9.17) is 11.6 Å². The largest absolute Gasteiger partial charge is 0.351 e. The summed E-state index contributed by atoms with van der Waals surface area (Å²) in [5.41, 5.74) is 1.77. The molecular formula is C26H28ClN3O2. The van der Waals surface area contributed by atoms with Crippen molar-refractivity contribution in [3.63, 3.8) is 0 Å². The predicted octanol–water partition coefficient (Wildman–Crippen LogP) is 4.81. The van der Waals surface area contributed by atoms with Gasteiger partial charge in [0.1, 0.15) is 11.2 Å². The molecule has 0 radical (unpaired) electrons. The summed E-state index contributed by atoms with van der Waals surface area (Å²) in [5.74, 6) is -0.150. The van der Waals surface area contributed by atoms with Gasteiger partial charge in [-0.1, -0.05) is 54.8 Å². The summed E-state index contributed by atoms with van der Waals surface area (Å²) >= 11 is 6.03. The van der Waals surface area contributed by atoms with E-state index in [0.717, 1.165) is 42.1 Å². The minimum atomic E-state index is -0.957. The van der Waals surface area contributed by atoms with Crippen molar-refractivity contribution in [2.75, 3.05) is 6.54 Å². The van der Waals surface area contributed by atoms with Crippen LogP contribution in [-0.4, -0.2) is 39.4 Å². The van der Waals surface area contributed by atoms with Crippen LogP contribution in [-0.2, 0) is 17.8 Å². The van der Waals surface area contributed by atoms with Crippen LogP contribution in [0.2, 0.25) is 5.02 Å². The number of hydrogen-bond donors (Lipinski definition) is 1. The van der Waals surface area contributed by atoms with Crippen LogP contribution in [0.4, 0.5) is 0 Å². The molecule has 2 aromatic carbocycles. The van der Waals surface area contributed by atoms with E-state index in [9.17, 15) is 9.59 Å². The number of benzene rings is 2. The summed E-state index contributed by atoms with van der Waals surface area (Å²) in [5, 5.41) is 4.96. The lowest BCUT2D eigenvalue weighted by Crippen LogP contribution is -2.65. The zero-order valence-electron chi connectivity index (χ0n) is 18.3. The highest BCUT2D eigenvalue weighted by Crippen LogP contribution is 2.33. The van der Waals surface area contributed by atoms with Gasteiger partial charge in [-0.05, 0) is 56.0 Å². The quantitative estimate of drug-likeness (QED) is 0.607. The molecule has 6 heteroatoms. The Morgan fingerprint density at radius 2 is 1.84 bits per heavy atom. The molecular weight excluding hydrogens is 422 g/mol. The molecule has 0 unspecified atom stereocenters. The van der Waals surface area contributed by atoms with Crippen molar-refractivity contribution in [2.45, 2.75) is 57.2 Å². The standard InChI is InChI=1S/C26H28ClN3O2/c1-26(25(32)28-21-7-3-4-8-21)17-29-22-9-5-2-6-19(22)16-23(29)24(31)30(26)15-14-18-10-12-20(27)13-11-18/h2,5-6,9-13,16,21H,3-4,7-8,14-15,17H2,1H3,(H,28,32)/t26-/m0/s1. The van der Waals surface area contributed by atoms with Crippen molar-refractivity contribution < 1.29 is 9.59 Å². The number of carbonyl (C=O) groups excluding carboxylic acids is 2. The first kappa shape index (κ1) is 21.1. The molecule has 1 saturated carbocycles. The third kappa shape index (κ3) is 3.69. The molecule has 32 heavy (non-hydrogen) atoms. The molecule has 2 heterocycles. The molecule has 5 nitrogen and oxygen atoms in total. The van der Waals surface area contributed by atoms with Gasteiger partial charge in [0.15, 0.2) is 0 Å². The Morgan fingerprint density at radius 3 is 2.59 bits per heavy atom. The Labute approximate surface area is 193 Å². The molecule has 3 aromatic rings. The highest BCUT2D eigenvalue weighted by atomic mass is 35.5. The van der Waals surface area contributed by atoms with E-state index < -0.39 is 5.54 Å². The second-order valence-electron chi connectivity index (χ2n) is 9.24. The topological polar surface area (TPSA) is 54.3 Å². The van der Waals surface area contributed by atoms with Gasteiger partial charge in [-0.15, -0.1) is 0 Å². The maximum Gasteiger partial charge on any atom is 0.271 e. The molecule has 0 spiro atoms. The number of para-hydroxylation sites is 1. The van der Waals surface area contributed by atoms with Gasteiger partial charge in [-0.3, -0.25) is 9.59 Å². The third-order valence-corrected chi connectivity index (χ3v) is 7.31. The van der Waals surface area contributed by atoms with Gasteiger partial charge < -0.3 is 14.8 Å².